The van der Waals surface area contributed by atoms with E-state index in [1.165, 1.54) is 12.8 Å². The highest BCUT2D eigenvalue weighted by Crippen LogP contribution is 2.17. The normalized spacial score (nSPS) is 15.5. The van der Waals surface area contributed by atoms with Gasteiger partial charge < -0.3 is 11.1 Å². The largest absolute Gasteiger partial charge is 0.384 e. The molecule has 16 heavy (non-hydrogen) atoms. The molecule has 1 aromatic heterocycles. The van der Waals surface area contributed by atoms with Crippen LogP contribution in [-0.2, 0) is 0 Å². The van der Waals surface area contributed by atoms with Gasteiger partial charge in [-0.25, -0.2) is 4.98 Å². The minimum Gasteiger partial charge on any atom is -0.384 e. The summed E-state index contributed by atoms with van der Waals surface area (Å²) in [6.45, 7) is 0. The molecule has 1 aromatic rings. The first-order valence-corrected chi connectivity index (χ1v) is 5.29. The number of carbonyl (C=O) groups excluding carboxylic acids is 1. The molecular formula is C11H16ClN3O. The van der Waals surface area contributed by atoms with E-state index >= 15 is 0 Å². The summed E-state index contributed by atoms with van der Waals surface area (Å²) in [6.07, 6.45) is 4.56. The number of carbonyl (C=O) groups is 1. The summed E-state index contributed by atoms with van der Waals surface area (Å²) < 4.78 is 0. The summed E-state index contributed by atoms with van der Waals surface area (Å²) in [5.74, 6) is 0.267. The molecule has 5 heteroatoms. The smallest absolute Gasteiger partial charge is 0.270 e. The fraction of sp³-hybridized carbons (Fsp3) is 0.455. The second kappa shape index (κ2) is 5.70. The van der Waals surface area contributed by atoms with Gasteiger partial charge in [0, 0.05) is 6.04 Å². The van der Waals surface area contributed by atoms with Crippen LogP contribution >= 0.6 is 12.4 Å². The molecule has 1 aliphatic carbocycles. The Labute approximate surface area is 101 Å². The van der Waals surface area contributed by atoms with Crippen molar-refractivity contribution < 1.29 is 4.79 Å². The predicted octanol–water partition coefficient (Wildman–Crippen LogP) is 1.76. The molecule has 4 nitrogen and oxygen atoms in total. The monoisotopic (exact) mass is 241 g/mol. The molecule has 1 saturated carbocycles. The second-order valence-electron chi connectivity index (χ2n) is 3.90. The first kappa shape index (κ1) is 12.8. The van der Waals surface area contributed by atoms with Crippen LogP contribution in [0.25, 0.3) is 0 Å². The summed E-state index contributed by atoms with van der Waals surface area (Å²) in [5.41, 5.74) is 5.92. The van der Waals surface area contributed by atoms with Gasteiger partial charge in [0.15, 0.2) is 0 Å². The van der Waals surface area contributed by atoms with Gasteiger partial charge in [-0.1, -0.05) is 18.9 Å². The zero-order chi connectivity index (χ0) is 10.7. The molecule has 0 bridgehead atoms. The molecule has 1 heterocycles. The van der Waals surface area contributed by atoms with Crippen LogP contribution < -0.4 is 11.1 Å². The van der Waals surface area contributed by atoms with Gasteiger partial charge in [0.25, 0.3) is 5.91 Å². The Morgan fingerprint density at radius 2 is 2.06 bits per heavy atom. The van der Waals surface area contributed by atoms with Crippen LogP contribution in [-0.4, -0.2) is 16.9 Å². The van der Waals surface area contributed by atoms with E-state index in [1.807, 2.05) is 0 Å². The first-order chi connectivity index (χ1) is 7.25. The van der Waals surface area contributed by atoms with Gasteiger partial charge in [0.1, 0.15) is 11.5 Å². The molecule has 0 saturated heterocycles. The molecule has 0 unspecified atom stereocenters. The number of rotatable bonds is 2. The van der Waals surface area contributed by atoms with E-state index in [9.17, 15) is 4.79 Å². The Hall–Kier alpha value is -1.29. The Morgan fingerprint density at radius 3 is 2.69 bits per heavy atom. The number of nitrogens with two attached hydrogens (primary N) is 1. The van der Waals surface area contributed by atoms with Crippen LogP contribution in [0.3, 0.4) is 0 Å². The maximum atomic E-state index is 11.7. The summed E-state index contributed by atoms with van der Waals surface area (Å²) in [7, 11) is 0. The van der Waals surface area contributed by atoms with Crippen LogP contribution in [0.2, 0.25) is 0 Å². The van der Waals surface area contributed by atoms with Crippen molar-refractivity contribution in [1.82, 2.24) is 10.3 Å². The van der Waals surface area contributed by atoms with Crippen molar-refractivity contribution in [3.05, 3.63) is 23.9 Å². The third-order valence-electron chi connectivity index (χ3n) is 2.69. The fourth-order valence-electron chi connectivity index (χ4n) is 1.91. The van der Waals surface area contributed by atoms with Crippen molar-refractivity contribution in [1.29, 1.82) is 0 Å². The molecule has 0 aromatic carbocycles. The molecule has 0 atom stereocenters. The topological polar surface area (TPSA) is 68.0 Å². The van der Waals surface area contributed by atoms with Gasteiger partial charge in [0.2, 0.25) is 0 Å². The van der Waals surface area contributed by atoms with Crippen molar-refractivity contribution in [2.45, 2.75) is 31.7 Å². The predicted molar refractivity (Wildman–Crippen MR) is 65.6 cm³/mol. The van der Waals surface area contributed by atoms with Gasteiger partial charge in [-0.05, 0) is 25.0 Å². The van der Waals surface area contributed by atoms with Crippen LogP contribution in [0.5, 0.6) is 0 Å². The third-order valence-corrected chi connectivity index (χ3v) is 2.69. The lowest BCUT2D eigenvalue weighted by molar-refractivity contribution is 0.0933. The quantitative estimate of drug-likeness (QED) is 0.829. The Bertz CT molecular complexity index is 364. The molecule has 1 amide bonds. The van der Waals surface area contributed by atoms with E-state index in [4.69, 9.17) is 5.73 Å². The van der Waals surface area contributed by atoms with Gasteiger partial charge in [-0.2, -0.15) is 0 Å². The SMILES string of the molecule is Cl.Nc1cccc(C(=O)NC2CCCC2)n1. The molecule has 0 radical (unpaired) electrons. The average Bonchev–Trinajstić information content (AvgIpc) is 2.70. The molecule has 1 fully saturated rings. The standard InChI is InChI=1S/C11H15N3O.ClH/c12-10-7-3-6-9(14-10)11(15)13-8-4-1-2-5-8;/h3,6-8H,1-2,4-5H2,(H2,12,14)(H,13,15);1H. The van der Waals surface area contributed by atoms with E-state index in [0.717, 1.165) is 12.8 Å². The summed E-state index contributed by atoms with van der Waals surface area (Å²) >= 11 is 0. The van der Waals surface area contributed by atoms with E-state index in [1.54, 1.807) is 18.2 Å². The Balaban J connectivity index is 0.00000128. The van der Waals surface area contributed by atoms with Gasteiger partial charge >= 0.3 is 0 Å². The highest BCUT2D eigenvalue weighted by molar-refractivity contribution is 5.92. The molecule has 0 aliphatic heterocycles. The number of nitrogens with zero attached hydrogens (tertiary/aromatic N) is 1. The first-order valence-electron chi connectivity index (χ1n) is 5.29. The van der Waals surface area contributed by atoms with Crippen molar-refractivity contribution >= 4 is 24.1 Å². The summed E-state index contributed by atoms with van der Waals surface area (Å²) in [5, 5.41) is 2.97. The molecule has 3 N–H and O–H groups in total. The molecular weight excluding hydrogens is 226 g/mol. The number of nitrogens with one attached hydrogen (secondary N) is 1. The summed E-state index contributed by atoms with van der Waals surface area (Å²) in [4.78, 5) is 15.7. The highest BCUT2D eigenvalue weighted by Gasteiger charge is 2.18. The minimum absolute atomic E-state index is 0. The zero-order valence-corrected chi connectivity index (χ0v) is 9.80. The number of hydrogen-bond acceptors (Lipinski definition) is 3. The third kappa shape index (κ3) is 3.10. The maximum Gasteiger partial charge on any atom is 0.270 e. The lowest BCUT2D eigenvalue weighted by Crippen LogP contribution is -2.33. The van der Waals surface area contributed by atoms with Crippen molar-refractivity contribution in [3.63, 3.8) is 0 Å². The van der Waals surface area contributed by atoms with E-state index in [0.29, 0.717) is 17.6 Å². The summed E-state index contributed by atoms with van der Waals surface area (Å²) in [6, 6.07) is 5.42. The number of hydrogen-bond donors (Lipinski definition) is 2. The molecule has 0 spiro atoms. The number of amides is 1. The van der Waals surface area contributed by atoms with E-state index in [-0.39, 0.29) is 18.3 Å². The number of halogens is 1. The number of pyridine rings is 1. The van der Waals surface area contributed by atoms with E-state index < -0.39 is 0 Å². The lowest BCUT2D eigenvalue weighted by atomic mass is 10.2. The Kier molecular flexibility index (Phi) is 4.55. The minimum atomic E-state index is -0.116. The van der Waals surface area contributed by atoms with Crippen molar-refractivity contribution in [3.8, 4) is 0 Å². The number of anilines is 1. The maximum absolute atomic E-state index is 11.7. The molecule has 1 aliphatic rings. The number of nitrogen functional groups attached to an aromatic ring is 1. The van der Waals surface area contributed by atoms with Crippen molar-refractivity contribution in [2.24, 2.45) is 0 Å². The second-order valence-corrected chi connectivity index (χ2v) is 3.90. The Morgan fingerprint density at radius 1 is 1.38 bits per heavy atom. The van der Waals surface area contributed by atoms with Gasteiger partial charge in [-0.15, -0.1) is 12.4 Å². The van der Waals surface area contributed by atoms with Crippen LogP contribution in [0, 0.1) is 0 Å². The highest BCUT2D eigenvalue weighted by atomic mass is 35.5. The number of aromatic nitrogens is 1. The van der Waals surface area contributed by atoms with Crippen LogP contribution in [0.15, 0.2) is 18.2 Å². The van der Waals surface area contributed by atoms with Gasteiger partial charge in [0.05, 0.1) is 0 Å². The molecule has 2 rings (SSSR count). The van der Waals surface area contributed by atoms with Crippen molar-refractivity contribution in [2.75, 3.05) is 5.73 Å². The average molecular weight is 242 g/mol. The lowest BCUT2D eigenvalue weighted by Gasteiger charge is -2.11. The zero-order valence-electron chi connectivity index (χ0n) is 8.98. The van der Waals surface area contributed by atoms with Crippen LogP contribution in [0.4, 0.5) is 5.82 Å². The van der Waals surface area contributed by atoms with E-state index in [2.05, 4.69) is 10.3 Å². The fourth-order valence-corrected chi connectivity index (χ4v) is 1.91. The molecule has 88 valence electrons. The van der Waals surface area contributed by atoms with Gasteiger partial charge in [-0.3, -0.25) is 4.79 Å². The van der Waals surface area contributed by atoms with Crippen LogP contribution in [0.1, 0.15) is 36.2 Å².